The maximum absolute atomic E-state index is 13.3. The van der Waals surface area contributed by atoms with Crippen molar-refractivity contribution in [1.82, 2.24) is 9.62 Å². The van der Waals surface area contributed by atoms with Gasteiger partial charge >= 0.3 is 0 Å². The molecule has 1 heterocycles. The van der Waals surface area contributed by atoms with Crippen molar-refractivity contribution in [3.8, 4) is 0 Å². The van der Waals surface area contributed by atoms with Crippen LogP contribution in [0.5, 0.6) is 0 Å². The van der Waals surface area contributed by atoms with Gasteiger partial charge in [-0.2, -0.15) is 4.31 Å². The molecule has 0 unspecified atom stereocenters. The van der Waals surface area contributed by atoms with Crippen molar-refractivity contribution < 1.29 is 18.0 Å². The molecule has 0 aliphatic carbocycles. The number of halogens is 1. The summed E-state index contributed by atoms with van der Waals surface area (Å²) in [5.74, 6) is -0.461. The first-order chi connectivity index (χ1) is 15.5. The number of nitrogens with one attached hydrogen (secondary N) is 2. The molecular weight excluding hydrogens is 462 g/mol. The van der Waals surface area contributed by atoms with E-state index in [-0.39, 0.29) is 17.0 Å². The van der Waals surface area contributed by atoms with Crippen molar-refractivity contribution in [2.45, 2.75) is 45.4 Å². The zero-order valence-corrected chi connectivity index (χ0v) is 20.9. The van der Waals surface area contributed by atoms with Crippen LogP contribution in [-0.4, -0.2) is 44.2 Å². The zero-order valence-electron chi connectivity index (χ0n) is 19.4. The van der Waals surface area contributed by atoms with E-state index in [2.05, 4.69) is 17.6 Å². The topological polar surface area (TPSA) is 95.6 Å². The standard InChI is InChI=1S/C24H30ClN3O4S/c1-15-7-9-28(10-8-15)33(31,32)22-13-19(12-17(3)18(22)4)24(30)26-14-23(29)27-21-6-5-16(2)11-20(21)25/h5-6,11-13,15H,7-10,14H2,1-4H3,(H,26,30)(H,27,29). The number of rotatable bonds is 6. The number of carbonyl (C=O) groups excluding carboxylic acids is 2. The van der Waals surface area contributed by atoms with Gasteiger partial charge in [0.15, 0.2) is 0 Å². The van der Waals surface area contributed by atoms with Gasteiger partial charge in [0.1, 0.15) is 0 Å². The number of hydrogen-bond acceptors (Lipinski definition) is 4. The Balaban J connectivity index is 1.73. The van der Waals surface area contributed by atoms with E-state index in [0.29, 0.717) is 40.8 Å². The number of anilines is 1. The van der Waals surface area contributed by atoms with Gasteiger partial charge in [-0.1, -0.05) is 24.6 Å². The van der Waals surface area contributed by atoms with Crippen LogP contribution in [-0.2, 0) is 14.8 Å². The Bertz CT molecular complexity index is 1170. The van der Waals surface area contributed by atoms with Crippen molar-refractivity contribution in [2.75, 3.05) is 25.0 Å². The molecule has 2 aromatic carbocycles. The number of benzene rings is 2. The Morgan fingerprint density at radius 1 is 1.09 bits per heavy atom. The average Bonchev–Trinajstić information content (AvgIpc) is 2.76. The second kappa shape index (κ2) is 10.2. The monoisotopic (exact) mass is 491 g/mol. The fraction of sp³-hybridized carbons (Fsp3) is 0.417. The van der Waals surface area contributed by atoms with Gasteiger partial charge in [-0.05, 0) is 80.5 Å². The van der Waals surface area contributed by atoms with E-state index < -0.39 is 21.8 Å². The van der Waals surface area contributed by atoms with Gasteiger partial charge in [0, 0.05) is 18.7 Å². The summed E-state index contributed by atoms with van der Waals surface area (Å²) in [7, 11) is -3.72. The van der Waals surface area contributed by atoms with Gasteiger partial charge in [0.25, 0.3) is 5.91 Å². The van der Waals surface area contributed by atoms with E-state index in [1.807, 2.05) is 13.0 Å². The summed E-state index contributed by atoms with van der Waals surface area (Å²) in [6.45, 7) is 8.20. The maximum Gasteiger partial charge on any atom is 0.251 e. The van der Waals surface area contributed by atoms with Gasteiger partial charge < -0.3 is 10.6 Å². The third-order valence-corrected chi connectivity index (χ3v) is 8.39. The van der Waals surface area contributed by atoms with E-state index in [9.17, 15) is 18.0 Å². The average molecular weight is 492 g/mol. The number of sulfonamides is 1. The van der Waals surface area contributed by atoms with Crippen molar-refractivity contribution in [3.63, 3.8) is 0 Å². The quantitative estimate of drug-likeness (QED) is 0.637. The Kier molecular flexibility index (Phi) is 7.82. The van der Waals surface area contributed by atoms with Crippen LogP contribution in [0.25, 0.3) is 0 Å². The molecule has 2 N–H and O–H groups in total. The number of carbonyl (C=O) groups is 2. The SMILES string of the molecule is Cc1ccc(NC(=O)CNC(=O)c2cc(C)c(C)c(S(=O)(=O)N3CCC(C)CC3)c2)c(Cl)c1. The fourth-order valence-electron chi connectivity index (χ4n) is 3.77. The second-order valence-electron chi connectivity index (χ2n) is 8.72. The minimum Gasteiger partial charge on any atom is -0.343 e. The number of aryl methyl sites for hydroxylation is 2. The summed E-state index contributed by atoms with van der Waals surface area (Å²) in [5.41, 5.74) is 2.94. The van der Waals surface area contributed by atoms with Crippen molar-refractivity contribution in [1.29, 1.82) is 0 Å². The van der Waals surface area contributed by atoms with Gasteiger partial charge in [-0.25, -0.2) is 8.42 Å². The highest BCUT2D eigenvalue weighted by molar-refractivity contribution is 7.89. The van der Waals surface area contributed by atoms with Crippen LogP contribution < -0.4 is 10.6 Å². The fourth-order valence-corrected chi connectivity index (χ4v) is 5.84. The summed E-state index contributed by atoms with van der Waals surface area (Å²) in [6, 6.07) is 8.28. The molecule has 1 fully saturated rings. The van der Waals surface area contributed by atoms with E-state index in [1.165, 1.54) is 10.4 Å². The van der Waals surface area contributed by atoms with Crippen LogP contribution in [0.3, 0.4) is 0 Å². The number of hydrogen-bond donors (Lipinski definition) is 2. The lowest BCUT2D eigenvalue weighted by Gasteiger charge is -2.30. The predicted molar refractivity (Wildman–Crippen MR) is 130 cm³/mol. The second-order valence-corrected chi connectivity index (χ2v) is 11.0. The highest BCUT2D eigenvalue weighted by atomic mass is 35.5. The Morgan fingerprint density at radius 2 is 1.76 bits per heavy atom. The molecule has 0 atom stereocenters. The molecule has 1 aliphatic rings. The lowest BCUT2D eigenvalue weighted by atomic mass is 10.0. The van der Waals surface area contributed by atoms with E-state index in [0.717, 1.165) is 18.4 Å². The molecule has 1 aliphatic heterocycles. The molecule has 2 aromatic rings. The van der Waals surface area contributed by atoms with Crippen molar-refractivity contribution in [2.24, 2.45) is 5.92 Å². The molecule has 1 saturated heterocycles. The van der Waals surface area contributed by atoms with Crippen LogP contribution in [0.4, 0.5) is 5.69 Å². The molecule has 2 amide bonds. The molecule has 9 heteroatoms. The Labute approximate surface area is 200 Å². The molecule has 178 valence electrons. The lowest BCUT2D eigenvalue weighted by Crippen LogP contribution is -2.38. The smallest absolute Gasteiger partial charge is 0.251 e. The van der Waals surface area contributed by atoms with Crippen LogP contribution in [0.2, 0.25) is 5.02 Å². The first-order valence-electron chi connectivity index (χ1n) is 10.9. The highest BCUT2D eigenvalue weighted by Crippen LogP contribution is 2.28. The van der Waals surface area contributed by atoms with Crippen LogP contribution in [0.1, 0.15) is 46.8 Å². The molecule has 0 saturated carbocycles. The Morgan fingerprint density at radius 3 is 2.39 bits per heavy atom. The molecule has 0 bridgehead atoms. The zero-order chi connectivity index (χ0) is 24.3. The first kappa shape index (κ1) is 25.2. The maximum atomic E-state index is 13.3. The molecule has 33 heavy (non-hydrogen) atoms. The summed E-state index contributed by atoms with van der Waals surface area (Å²) >= 11 is 6.13. The van der Waals surface area contributed by atoms with Crippen LogP contribution in [0, 0.1) is 26.7 Å². The summed E-state index contributed by atoms with van der Waals surface area (Å²) < 4.78 is 28.1. The van der Waals surface area contributed by atoms with Gasteiger partial charge in [-0.3, -0.25) is 9.59 Å². The minimum absolute atomic E-state index is 0.137. The molecule has 0 radical (unpaired) electrons. The van der Waals surface area contributed by atoms with E-state index in [4.69, 9.17) is 11.6 Å². The largest absolute Gasteiger partial charge is 0.343 e. The molecule has 3 rings (SSSR count). The lowest BCUT2D eigenvalue weighted by molar-refractivity contribution is -0.115. The van der Waals surface area contributed by atoms with Crippen molar-refractivity contribution in [3.05, 3.63) is 57.6 Å². The van der Waals surface area contributed by atoms with Gasteiger partial charge in [0.05, 0.1) is 22.2 Å². The Hall–Kier alpha value is -2.42. The molecule has 0 aromatic heterocycles. The van der Waals surface area contributed by atoms with Crippen molar-refractivity contribution >= 4 is 39.1 Å². The third-order valence-electron chi connectivity index (χ3n) is 6.05. The summed E-state index contributed by atoms with van der Waals surface area (Å²) in [6.07, 6.45) is 1.63. The van der Waals surface area contributed by atoms with Crippen LogP contribution in [0.15, 0.2) is 35.2 Å². The predicted octanol–water partition coefficient (Wildman–Crippen LogP) is 4.05. The molecular formula is C24H30ClN3O4S. The summed E-state index contributed by atoms with van der Waals surface area (Å²) in [4.78, 5) is 25.2. The highest BCUT2D eigenvalue weighted by Gasteiger charge is 2.30. The van der Waals surface area contributed by atoms with Crippen LogP contribution >= 0.6 is 11.6 Å². The number of amides is 2. The molecule has 7 nitrogen and oxygen atoms in total. The summed E-state index contributed by atoms with van der Waals surface area (Å²) in [5, 5.41) is 5.62. The van der Waals surface area contributed by atoms with E-state index in [1.54, 1.807) is 32.0 Å². The van der Waals surface area contributed by atoms with Gasteiger partial charge in [-0.15, -0.1) is 0 Å². The molecule has 0 spiro atoms. The van der Waals surface area contributed by atoms with Gasteiger partial charge in [0.2, 0.25) is 15.9 Å². The number of piperidine rings is 1. The third kappa shape index (κ3) is 5.93. The van der Waals surface area contributed by atoms with E-state index >= 15 is 0 Å². The normalized spacial score (nSPS) is 15.3. The first-order valence-corrected chi connectivity index (χ1v) is 12.8. The number of nitrogens with zero attached hydrogens (tertiary/aromatic N) is 1. The minimum atomic E-state index is -3.72.